The maximum atomic E-state index is 10.3. The summed E-state index contributed by atoms with van der Waals surface area (Å²) in [7, 11) is 1.64. The Kier molecular flexibility index (Phi) is 4.17. The van der Waals surface area contributed by atoms with E-state index in [-0.39, 0.29) is 0 Å². The highest BCUT2D eigenvalue weighted by Crippen LogP contribution is 2.25. The minimum Gasteiger partial charge on any atom is -0.496 e. The van der Waals surface area contributed by atoms with E-state index < -0.39 is 6.10 Å². The number of benzene rings is 1. The van der Waals surface area contributed by atoms with Gasteiger partial charge in [0.05, 0.1) is 13.2 Å². The van der Waals surface area contributed by atoms with Gasteiger partial charge in [0.1, 0.15) is 5.75 Å². The molecule has 1 unspecified atom stereocenters. The molecule has 0 radical (unpaired) electrons. The van der Waals surface area contributed by atoms with Crippen molar-refractivity contribution in [3.8, 4) is 5.75 Å². The van der Waals surface area contributed by atoms with Gasteiger partial charge in [0.2, 0.25) is 0 Å². The van der Waals surface area contributed by atoms with Crippen LogP contribution in [0.4, 0.5) is 0 Å². The molecule has 1 atom stereocenters. The zero-order chi connectivity index (χ0) is 13.8. The highest BCUT2D eigenvalue weighted by molar-refractivity contribution is 5.37. The molecule has 0 aliphatic carbocycles. The Labute approximate surface area is 113 Å². The first-order valence-corrected chi connectivity index (χ1v) is 6.35. The van der Waals surface area contributed by atoms with Gasteiger partial charge >= 0.3 is 0 Å². The van der Waals surface area contributed by atoms with E-state index in [1.165, 1.54) is 0 Å². The standard InChI is InChI=1S/C16H19NO2/c1-11-5-4-8-17-14(11)10-15(18)13-7-6-12(2)16(9-13)19-3/h4-9,15,18H,10H2,1-3H3. The molecular weight excluding hydrogens is 238 g/mol. The molecule has 0 saturated carbocycles. The molecule has 0 fully saturated rings. The van der Waals surface area contributed by atoms with Crippen molar-refractivity contribution in [2.45, 2.75) is 26.4 Å². The zero-order valence-electron chi connectivity index (χ0n) is 11.6. The van der Waals surface area contributed by atoms with Crippen LogP contribution in [-0.2, 0) is 6.42 Å². The van der Waals surface area contributed by atoms with Crippen LogP contribution >= 0.6 is 0 Å². The first kappa shape index (κ1) is 13.6. The Bertz CT molecular complexity index is 566. The van der Waals surface area contributed by atoms with Crippen LogP contribution in [-0.4, -0.2) is 17.2 Å². The Hall–Kier alpha value is -1.87. The molecular formula is C16H19NO2. The van der Waals surface area contributed by atoms with Gasteiger partial charge < -0.3 is 9.84 Å². The van der Waals surface area contributed by atoms with Crippen LogP contribution in [0.2, 0.25) is 0 Å². The van der Waals surface area contributed by atoms with Crippen LogP contribution in [0, 0.1) is 13.8 Å². The van der Waals surface area contributed by atoms with Gasteiger partial charge in [-0.1, -0.05) is 18.2 Å². The van der Waals surface area contributed by atoms with E-state index in [0.717, 1.165) is 28.1 Å². The molecule has 0 amide bonds. The van der Waals surface area contributed by atoms with E-state index >= 15 is 0 Å². The molecule has 1 aromatic carbocycles. The van der Waals surface area contributed by atoms with Crippen LogP contribution < -0.4 is 4.74 Å². The third kappa shape index (κ3) is 3.12. The lowest BCUT2D eigenvalue weighted by Gasteiger charge is -2.14. The minimum atomic E-state index is -0.567. The second-order valence-electron chi connectivity index (χ2n) is 4.72. The van der Waals surface area contributed by atoms with Crippen LogP contribution in [0.3, 0.4) is 0 Å². The summed E-state index contributed by atoms with van der Waals surface area (Å²) < 4.78 is 5.28. The molecule has 1 heterocycles. The van der Waals surface area contributed by atoms with Gasteiger partial charge in [0.25, 0.3) is 0 Å². The second-order valence-corrected chi connectivity index (χ2v) is 4.72. The molecule has 100 valence electrons. The highest BCUT2D eigenvalue weighted by atomic mass is 16.5. The average Bonchev–Trinajstić information content (AvgIpc) is 2.42. The van der Waals surface area contributed by atoms with Crippen molar-refractivity contribution in [3.05, 3.63) is 58.9 Å². The van der Waals surface area contributed by atoms with Gasteiger partial charge in [-0.15, -0.1) is 0 Å². The van der Waals surface area contributed by atoms with Crippen LogP contribution in [0.25, 0.3) is 0 Å². The van der Waals surface area contributed by atoms with Gasteiger partial charge in [0.15, 0.2) is 0 Å². The number of nitrogens with zero attached hydrogens (tertiary/aromatic N) is 1. The molecule has 1 N–H and O–H groups in total. The van der Waals surface area contributed by atoms with E-state index in [0.29, 0.717) is 6.42 Å². The molecule has 0 spiro atoms. The number of ether oxygens (including phenoxy) is 1. The molecule has 2 rings (SSSR count). The quantitative estimate of drug-likeness (QED) is 0.915. The summed E-state index contributed by atoms with van der Waals surface area (Å²) in [5.74, 6) is 0.800. The second kappa shape index (κ2) is 5.85. The zero-order valence-corrected chi connectivity index (χ0v) is 11.6. The number of aliphatic hydroxyl groups excluding tert-OH is 1. The third-order valence-electron chi connectivity index (χ3n) is 3.32. The maximum Gasteiger partial charge on any atom is 0.122 e. The molecule has 19 heavy (non-hydrogen) atoms. The van der Waals surface area contributed by atoms with Crippen molar-refractivity contribution in [2.75, 3.05) is 7.11 Å². The Morgan fingerprint density at radius 3 is 2.68 bits per heavy atom. The van der Waals surface area contributed by atoms with E-state index in [1.807, 2.05) is 44.2 Å². The molecule has 0 aliphatic rings. The summed E-state index contributed by atoms with van der Waals surface area (Å²) >= 11 is 0. The summed E-state index contributed by atoms with van der Waals surface area (Å²) in [6.07, 6.45) is 1.70. The Morgan fingerprint density at radius 1 is 1.21 bits per heavy atom. The minimum absolute atomic E-state index is 0.513. The fourth-order valence-corrected chi connectivity index (χ4v) is 2.08. The van der Waals surface area contributed by atoms with E-state index in [1.54, 1.807) is 13.3 Å². The molecule has 0 bridgehead atoms. The van der Waals surface area contributed by atoms with Gasteiger partial charge in [-0.25, -0.2) is 0 Å². The van der Waals surface area contributed by atoms with Gasteiger partial charge in [-0.2, -0.15) is 0 Å². The number of rotatable bonds is 4. The maximum absolute atomic E-state index is 10.3. The predicted molar refractivity (Wildman–Crippen MR) is 75.4 cm³/mol. The van der Waals surface area contributed by atoms with Crippen molar-refractivity contribution in [3.63, 3.8) is 0 Å². The summed E-state index contributed by atoms with van der Waals surface area (Å²) in [5, 5.41) is 10.3. The molecule has 0 aliphatic heterocycles. The van der Waals surface area contributed by atoms with E-state index in [9.17, 15) is 5.11 Å². The number of aryl methyl sites for hydroxylation is 2. The van der Waals surface area contributed by atoms with Crippen LogP contribution in [0.15, 0.2) is 36.5 Å². The number of aromatic nitrogens is 1. The van der Waals surface area contributed by atoms with Crippen LogP contribution in [0.5, 0.6) is 5.75 Å². The highest BCUT2D eigenvalue weighted by Gasteiger charge is 2.12. The van der Waals surface area contributed by atoms with Gasteiger partial charge in [-0.05, 0) is 42.7 Å². The first-order valence-electron chi connectivity index (χ1n) is 6.35. The monoisotopic (exact) mass is 257 g/mol. The van der Waals surface area contributed by atoms with Gasteiger partial charge in [-0.3, -0.25) is 4.98 Å². The number of aliphatic hydroxyl groups is 1. The smallest absolute Gasteiger partial charge is 0.122 e. The molecule has 3 heteroatoms. The molecule has 0 saturated heterocycles. The lowest BCUT2D eigenvalue weighted by atomic mass is 10.0. The summed E-state index contributed by atoms with van der Waals surface area (Å²) in [6.45, 7) is 3.99. The number of hydrogen-bond donors (Lipinski definition) is 1. The van der Waals surface area contributed by atoms with Gasteiger partial charge in [0, 0.05) is 18.3 Å². The first-order chi connectivity index (χ1) is 9.11. The van der Waals surface area contributed by atoms with Crippen molar-refractivity contribution in [1.82, 2.24) is 4.98 Å². The third-order valence-corrected chi connectivity index (χ3v) is 3.32. The lowest BCUT2D eigenvalue weighted by Crippen LogP contribution is -2.05. The average molecular weight is 257 g/mol. The molecule has 3 nitrogen and oxygen atoms in total. The fourth-order valence-electron chi connectivity index (χ4n) is 2.08. The van der Waals surface area contributed by atoms with Crippen molar-refractivity contribution >= 4 is 0 Å². The number of hydrogen-bond acceptors (Lipinski definition) is 3. The van der Waals surface area contributed by atoms with Crippen LogP contribution in [0.1, 0.15) is 28.5 Å². The Morgan fingerprint density at radius 2 is 2.00 bits per heavy atom. The molecule has 2 aromatic rings. The topological polar surface area (TPSA) is 42.4 Å². The normalized spacial score (nSPS) is 12.2. The van der Waals surface area contributed by atoms with Crippen molar-refractivity contribution < 1.29 is 9.84 Å². The molecule has 1 aromatic heterocycles. The SMILES string of the molecule is COc1cc(C(O)Cc2ncccc2C)ccc1C. The predicted octanol–water partition coefficient (Wildman–Crippen LogP) is 2.98. The Balaban J connectivity index is 2.20. The van der Waals surface area contributed by atoms with Crippen molar-refractivity contribution in [1.29, 1.82) is 0 Å². The summed E-state index contributed by atoms with van der Waals surface area (Å²) in [4.78, 5) is 4.31. The number of pyridine rings is 1. The number of methoxy groups -OCH3 is 1. The fraction of sp³-hybridized carbons (Fsp3) is 0.312. The van der Waals surface area contributed by atoms with E-state index in [4.69, 9.17) is 4.74 Å². The lowest BCUT2D eigenvalue weighted by molar-refractivity contribution is 0.176. The van der Waals surface area contributed by atoms with E-state index in [2.05, 4.69) is 4.98 Å². The van der Waals surface area contributed by atoms with Crippen molar-refractivity contribution in [2.24, 2.45) is 0 Å². The largest absolute Gasteiger partial charge is 0.496 e. The summed E-state index contributed by atoms with van der Waals surface area (Å²) in [5.41, 5.74) is 3.94. The summed E-state index contributed by atoms with van der Waals surface area (Å²) in [6, 6.07) is 9.69.